The molecule has 148 valence electrons. The molecule has 3 rings (SSSR count). The molecular weight excluding hydrogens is 336 g/mol. The summed E-state index contributed by atoms with van der Waals surface area (Å²) in [4.78, 5) is 27.9. The summed E-state index contributed by atoms with van der Waals surface area (Å²) in [5.74, 6) is 0.425. The van der Waals surface area contributed by atoms with Gasteiger partial charge in [-0.3, -0.25) is 9.59 Å². The van der Waals surface area contributed by atoms with Crippen molar-refractivity contribution in [1.82, 2.24) is 10.2 Å². The third-order valence-electron chi connectivity index (χ3n) is 5.91. The van der Waals surface area contributed by atoms with E-state index in [4.69, 9.17) is 0 Å². The van der Waals surface area contributed by atoms with Crippen LogP contribution < -0.4 is 5.32 Å². The van der Waals surface area contributed by atoms with Gasteiger partial charge >= 0.3 is 0 Å². The van der Waals surface area contributed by atoms with Crippen LogP contribution in [0.25, 0.3) is 0 Å². The van der Waals surface area contributed by atoms with Crippen LogP contribution in [0.3, 0.4) is 0 Å². The topological polar surface area (TPSA) is 49.4 Å². The maximum Gasteiger partial charge on any atom is 0.243 e. The zero-order valence-corrected chi connectivity index (χ0v) is 16.9. The van der Waals surface area contributed by atoms with Crippen LogP contribution in [0.2, 0.25) is 0 Å². The van der Waals surface area contributed by atoms with E-state index in [2.05, 4.69) is 31.3 Å². The van der Waals surface area contributed by atoms with E-state index < -0.39 is 0 Å². The molecule has 0 bridgehead atoms. The number of hydrogen-bond donors (Lipinski definition) is 1. The Bertz CT molecular complexity index is 648. The average molecular weight is 371 g/mol. The minimum absolute atomic E-state index is 0.0344. The lowest BCUT2D eigenvalue weighted by molar-refractivity contribution is -0.142. The van der Waals surface area contributed by atoms with Gasteiger partial charge in [0.1, 0.15) is 6.04 Å². The lowest BCUT2D eigenvalue weighted by Crippen LogP contribution is -2.54. The van der Waals surface area contributed by atoms with Crippen molar-refractivity contribution in [3.63, 3.8) is 0 Å². The second-order valence-electron chi connectivity index (χ2n) is 8.66. The third-order valence-corrected chi connectivity index (χ3v) is 5.91. The number of amides is 2. The second-order valence-corrected chi connectivity index (χ2v) is 8.66. The lowest BCUT2D eigenvalue weighted by Gasteiger charge is -2.37. The third kappa shape index (κ3) is 5.33. The molecule has 1 N–H and O–H groups in total. The molecule has 1 aliphatic heterocycles. The number of carbonyl (C=O) groups excluding carboxylic acids is 2. The predicted octanol–water partition coefficient (Wildman–Crippen LogP) is 4.22. The van der Waals surface area contributed by atoms with Gasteiger partial charge in [-0.1, -0.05) is 70.2 Å². The van der Waals surface area contributed by atoms with Crippen molar-refractivity contribution in [2.24, 2.45) is 5.92 Å². The molecule has 0 aromatic heterocycles. The van der Waals surface area contributed by atoms with Gasteiger partial charge in [-0.05, 0) is 29.9 Å². The number of carbonyl (C=O) groups is 2. The minimum Gasteiger partial charge on any atom is -0.352 e. The van der Waals surface area contributed by atoms with Crippen molar-refractivity contribution in [2.45, 2.75) is 90.3 Å². The zero-order valence-electron chi connectivity index (χ0n) is 16.9. The first kappa shape index (κ1) is 19.9. The molecule has 0 spiro atoms. The summed E-state index contributed by atoms with van der Waals surface area (Å²) < 4.78 is 0. The Morgan fingerprint density at radius 3 is 2.33 bits per heavy atom. The average Bonchev–Trinajstić information content (AvgIpc) is 2.62. The number of fused-ring (bicyclic) bond motifs is 1. The monoisotopic (exact) mass is 370 g/mol. The van der Waals surface area contributed by atoms with Gasteiger partial charge in [0, 0.05) is 25.4 Å². The molecule has 1 unspecified atom stereocenters. The molecule has 0 saturated heterocycles. The van der Waals surface area contributed by atoms with Crippen LogP contribution in [0, 0.1) is 5.92 Å². The molecule has 1 aliphatic carbocycles. The van der Waals surface area contributed by atoms with E-state index in [0.29, 0.717) is 25.3 Å². The van der Waals surface area contributed by atoms with Gasteiger partial charge in [0.05, 0.1) is 0 Å². The molecule has 2 amide bonds. The number of hydrogen-bond acceptors (Lipinski definition) is 2. The molecule has 1 aromatic rings. The summed E-state index contributed by atoms with van der Waals surface area (Å²) in [6.07, 6.45) is 9.47. The standard InChI is InChI=1S/C23H34N2O2/c1-17(2)14-22(26)25-16-19-11-9-8-10-18(19)15-21(25)23(27)24-20-12-6-4-3-5-7-13-20/h8-11,17,20-21H,3-7,12-16H2,1-2H3,(H,24,27). The number of benzene rings is 1. The van der Waals surface area contributed by atoms with Crippen LogP contribution in [0.15, 0.2) is 24.3 Å². The van der Waals surface area contributed by atoms with Crippen LogP contribution in [0.5, 0.6) is 0 Å². The van der Waals surface area contributed by atoms with Crippen molar-refractivity contribution in [3.05, 3.63) is 35.4 Å². The number of rotatable bonds is 4. The van der Waals surface area contributed by atoms with Gasteiger partial charge in [0.2, 0.25) is 11.8 Å². The van der Waals surface area contributed by atoms with Crippen molar-refractivity contribution in [2.75, 3.05) is 0 Å². The first-order chi connectivity index (χ1) is 13.0. The summed E-state index contributed by atoms with van der Waals surface area (Å²) >= 11 is 0. The Kier molecular flexibility index (Phi) is 6.92. The first-order valence-corrected chi connectivity index (χ1v) is 10.7. The summed E-state index contributed by atoms with van der Waals surface area (Å²) in [5.41, 5.74) is 2.37. The molecule has 4 nitrogen and oxygen atoms in total. The highest BCUT2D eigenvalue weighted by Gasteiger charge is 2.35. The molecule has 1 heterocycles. The van der Waals surface area contributed by atoms with Crippen molar-refractivity contribution in [3.8, 4) is 0 Å². The molecule has 27 heavy (non-hydrogen) atoms. The molecule has 1 fully saturated rings. The summed E-state index contributed by atoms with van der Waals surface area (Å²) in [6.45, 7) is 4.66. The fourth-order valence-electron chi connectivity index (χ4n) is 4.38. The smallest absolute Gasteiger partial charge is 0.243 e. The Labute approximate surface area is 163 Å². The van der Waals surface area contributed by atoms with Crippen LogP contribution in [0.4, 0.5) is 0 Å². The van der Waals surface area contributed by atoms with E-state index in [-0.39, 0.29) is 23.9 Å². The van der Waals surface area contributed by atoms with Crippen LogP contribution >= 0.6 is 0 Å². The first-order valence-electron chi connectivity index (χ1n) is 10.7. The Balaban J connectivity index is 1.74. The fraction of sp³-hybridized carbons (Fsp3) is 0.652. The molecular formula is C23H34N2O2. The quantitative estimate of drug-likeness (QED) is 0.863. The van der Waals surface area contributed by atoms with Gasteiger partial charge in [0.25, 0.3) is 0 Å². The maximum atomic E-state index is 13.2. The molecule has 1 aromatic carbocycles. The highest BCUT2D eigenvalue weighted by molar-refractivity contribution is 5.88. The lowest BCUT2D eigenvalue weighted by atomic mass is 9.91. The molecule has 0 radical (unpaired) electrons. The largest absolute Gasteiger partial charge is 0.352 e. The van der Waals surface area contributed by atoms with Crippen LogP contribution in [-0.4, -0.2) is 28.8 Å². The summed E-state index contributed by atoms with van der Waals surface area (Å²) in [6, 6.07) is 8.09. The summed E-state index contributed by atoms with van der Waals surface area (Å²) in [5, 5.41) is 3.29. The van der Waals surface area contributed by atoms with Gasteiger partial charge in [-0.25, -0.2) is 0 Å². The van der Waals surface area contributed by atoms with Crippen LogP contribution in [-0.2, 0) is 22.6 Å². The normalized spacial score (nSPS) is 21.3. The Morgan fingerprint density at radius 1 is 1.04 bits per heavy atom. The molecule has 2 aliphatic rings. The number of nitrogens with zero attached hydrogens (tertiary/aromatic N) is 1. The highest BCUT2D eigenvalue weighted by Crippen LogP contribution is 2.25. The van der Waals surface area contributed by atoms with Gasteiger partial charge in [-0.2, -0.15) is 0 Å². The second kappa shape index (κ2) is 9.38. The molecule has 4 heteroatoms. The van der Waals surface area contributed by atoms with Crippen molar-refractivity contribution < 1.29 is 9.59 Å². The zero-order chi connectivity index (χ0) is 19.2. The van der Waals surface area contributed by atoms with E-state index in [1.54, 1.807) is 0 Å². The van der Waals surface area contributed by atoms with Gasteiger partial charge in [-0.15, -0.1) is 0 Å². The predicted molar refractivity (Wildman–Crippen MR) is 108 cm³/mol. The SMILES string of the molecule is CC(C)CC(=O)N1Cc2ccccc2CC1C(=O)NC1CCCCCCC1. The summed E-state index contributed by atoms with van der Waals surface area (Å²) in [7, 11) is 0. The fourth-order valence-corrected chi connectivity index (χ4v) is 4.38. The maximum absolute atomic E-state index is 13.2. The van der Waals surface area contributed by atoms with Gasteiger partial charge < -0.3 is 10.2 Å². The van der Waals surface area contributed by atoms with Crippen molar-refractivity contribution in [1.29, 1.82) is 0 Å². The Morgan fingerprint density at radius 2 is 1.67 bits per heavy atom. The van der Waals surface area contributed by atoms with E-state index in [9.17, 15) is 9.59 Å². The van der Waals surface area contributed by atoms with E-state index >= 15 is 0 Å². The number of nitrogens with one attached hydrogen (secondary N) is 1. The van der Waals surface area contributed by atoms with Gasteiger partial charge in [0.15, 0.2) is 0 Å². The minimum atomic E-state index is -0.378. The highest BCUT2D eigenvalue weighted by atomic mass is 16.2. The van der Waals surface area contributed by atoms with E-state index in [1.165, 1.54) is 43.2 Å². The molecule has 1 atom stereocenters. The van der Waals surface area contributed by atoms with E-state index in [1.807, 2.05) is 17.0 Å². The van der Waals surface area contributed by atoms with E-state index in [0.717, 1.165) is 12.8 Å². The van der Waals surface area contributed by atoms with Crippen LogP contribution in [0.1, 0.15) is 76.3 Å². The van der Waals surface area contributed by atoms with Crippen molar-refractivity contribution >= 4 is 11.8 Å². The molecule has 1 saturated carbocycles. The Hall–Kier alpha value is -1.84.